The van der Waals surface area contributed by atoms with Crippen LogP contribution < -0.4 is 10.6 Å². The summed E-state index contributed by atoms with van der Waals surface area (Å²) >= 11 is 1.78. The predicted octanol–water partition coefficient (Wildman–Crippen LogP) is 2.54. The van der Waals surface area contributed by atoms with Crippen LogP contribution in [-0.2, 0) is 11.3 Å². The summed E-state index contributed by atoms with van der Waals surface area (Å²) in [6.07, 6.45) is 2.12. The smallest absolute Gasteiger partial charge is 0.230 e. The SMILES string of the molecule is Cc1cc(CNC(=O)C(C)(C)C2=CCNC2)c(C)s1. The van der Waals surface area contributed by atoms with Crippen LogP contribution in [0.2, 0.25) is 0 Å². The highest BCUT2D eigenvalue weighted by molar-refractivity contribution is 7.12. The summed E-state index contributed by atoms with van der Waals surface area (Å²) in [4.78, 5) is 15.0. The lowest BCUT2D eigenvalue weighted by Crippen LogP contribution is -2.38. The third-order valence-corrected chi connectivity index (χ3v) is 4.77. The first-order valence-electron chi connectivity index (χ1n) is 6.65. The molecule has 2 N–H and O–H groups in total. The van der Waals surface area contributed by atoms with Gasteiger partial charge in [0.05, 0.1) is 5.41 Å². The highest BCUT2D eigenvalue weighted by Gasteiger charge is 2.32. The number of thiophene rings is 1. The van der Waals surface area contributed by atoms with Gasteiger partial charge in [0.15, 0.2) is 0 Å². The lowest BCUT2D eigenvalue weighted by molar-refractivity contribution is -0.127. The fraction of sp³-hybridized carbons (Fsp3) is 0.533. The van der Waals surface area contributed by atoms with Gasteiger partial charge in [-0.15, -0.1) is 11.3 Å². The molecule has 0 fully saturated rings. The van der Waals surface area contributed by atoms with E-state index >= 15 is 0 Å². The van der Waals surface area contributed by atoms with Gasteiger partial charge in [0.25, 0.3) is 0 Å². The monoisotopic (exact) mass is 278 g/mol. The summed E-state index contributed by atoms with van der Waals surface area (Å²) in [7, 11) is 0. The molecule has 3 nitrogen and oxygen atoms in total. The van der Waals surface area contributed by atoms with E-state index in [1.807, 2.05) is 13.8 Å². The minimum absolute atomic E-state index is 0.103. The van der Waals surface area contributed by atoms with Gasteiger partial charge in [0, 0.05) is 29.4 Å². The van der Waals surface area contributed by atoms with E-state index in [0.717, 1.165) is 13.1 Å². The average Bonchev–Trinajstić information content (AvgIpc) is 2.96. The molecule has 1 aromatic heterocycles. The molecule has 0 bridgehead atoms. The Hall–Kier alpha value is -1.13. The van der Waals surface area contributed by atoms with Crippen LogP contribution in [0.4, 0.5) is 0 Å². The molecule has 4 heteroatoms. The number of hydrogen-bond donors (Lipinski definition) is 2. The highest BCUT2D eigenvalue weighted by Crippen LogP contribution is 2.28. The van der Waals surface area contributed by atoms with Crippen molar-refractivity contribution in [2.45, 2.75) is 34.2 Å². The number of aryl methyl sites for hydroxylation is 2. The lowest BCUT2D eigenvalue weighted by Gasteiger charge is -2.25. The van der Waals surface area contributed by atoms with Crippen LogP contribution in [0.3, 0.4) is 0 Å². The Labute approximate surface area is 119 Å². The fourth-order valence-corrected chi connectivity index (χ4v) is 3.30. The van der Waals surface area contributed by atoms with Crippen molar-refractivity contribution >= 4 is 17.2 Å². The standard InChI is InChI=1S/C15H22N2OS/c1-10-7-12(11(2)19-10)8-17-14(18)15(3,4)13-5-6-16-9-13/h5,7,16H,6,8-9H2,1-4H3,(H,17,18). The van der Waals surface area contributed by atoms with Crippen molar-refractivity contribution in [2.24, 2.45) is 5.41 Å². The topological polar surface area (TPSA) is 41.1 Å². The van der Waals surface area contributed by atoms with E-state index < -0.39 is 5.41 Å². The van der Waals surface area contributed by atoms with E-state index in [0.29, 0.717) is 6.54 Å². The molecule has 104 valence electrons. The Kier molecular flexibility index (Phi) is 4.11. The maximum Gasteiger partial charge on any atom is 0.230 e. The van der Waals surface area contributed by atoms with Gasteiger partial charge in [0.1, 0.15) is 0 Å². The molecule has 19 heavy (non-hydrogen) atoms. The van der Waals surface area contributed by atoms with Crippen LogP contribution >= 0.6 is 11.3 Å². The Balaban J connectivity index is 1.99. The largest absolute Gasteiger partial charge is 0.351 e. The van der Waals surface area contributed by atoms with Crippen molar-refractivity contribution in [1.82, 2.24) is 10.6 Å². The fourth-order valence-electron chi connectivity index (χ4n) is 2.35. The van der Waals surface area contributed by atoms with Gasteiger partial charge in [-0.3, -0.25) is 4.79 Å². The summed E-state index contributed by atoms with van der Waals surface area (Å²) in [6, 6.07) is 2.16. The molecule has 1 aliphatic heterocycles. The average molecular weight is 278 g/mol. The minimum atomic E-state index is -0.428. The summed E-state index contributed by atoms with van der Waals surface area (Å²) in [5.74, 6) is 0.103. The first-order valence-corrected chi connectivity index (χ1v) is 7.47. The van der Waals surface area contributed by atoms with E-state index in [-0.39, 0.29) is 5.91 Å². The number of carbonyl (C=O) groups is 1. The number of hydrogen-bond acceptors (Lipinski definition) is 3. The molecule has 0 radical (unpaired) electrons. The van der Waals surface area contributed by atoms with Crippen LogP contribution in [-0.4, -0.2) is 19.0 Å². The van der Waals surface area contributed by atoms with Crippen LogP contribution in [0.1, 0.15) is 29.2 Å². The second-order valence-corrected chi connectivity index (χ2v) is 7.07. The second kappa shape index (κ2) is 5.47. The zero-order valence-corrected chi connectivity index (χ0v) is 12.9. The Morgan fingerprint density at radius 1 is 1.47 bits per heavy atom. The van der Waals surface area contributed by atoms with Crippen LogP contribution in [0.15, 0.2) is 17.7 Å². The molecule has 0 spiro atoms. The van der Waals surface area contributed by atoms with Gasteiger partial charge < -0.3 is 10.6 Å². The molecule has 1 amide bonds. The van der Waals surface area contributed by atoms with Gasteiger partial charge in [-0.25, -0.2) is 0 Å². The maximum atomic E-state index is 12.4. The molecule has 0 aliphatic carbocycles. The van der Waals surface area contributed by atoms with E-state index in [2.05, 4.69) is 36.6 Å². The molecule has 0 unspecified atom stereocenters. The Bertz CT molecular complexity index is 514. The van der Waals surface area contributed by atoms with E-state index in [1.54, 1.807) is 11.3 Å². The van der Waals surface area contributed by atoms with Gasteiger partial charge >= 0.3 is 0 Å². The number of nitrogens with one attached hydrogen (secondary N) is 2. The minimum Gasteiger partial charge on any atom is -0.351 e. The molecular weight excluding hydrogens is 256 g/mol. The van der Waals surface area contributed by atoms with Gasteiger partial charge in [0.2, 0.25) is 5.91 Å². The Morgan fingerprint density at radius 2 is 2.21 bits per heavy atom. The third-order valence-electron chi connectivity index (χ3n) is 3.76. The van der Waals surface area contributed by atoms with Gasteiger partial charge in [-0.1, -0.05) is 6.08 Å². The van der Waals surface area contributed by atoms with Crippen molar-refractivity contribution in [1.29, 1.82) is 0 Å². The first kappa shape index (κ1) is 14.3. The summed E-state index contributed by atoms with van der Waals surface area (Å²) in [5, 5.41) is 6.32. The Morgan fingerprint density at radius 3 is 2.74 bits per heavy atom. The summed E-state index contributed by atoms with van der Waals surface area (Å²) in [6.45, 7) is 10.5. The van der Waals surface area contributed by atoms with Crippen molar-refractivity contribution in [3.63, 3.8) is 0 Å². The molecule has 2 rings (SSSR count). The highest BCUT2D eigenvalue weighted by atomic mass is 32.1. The second-order valence-electron chi connectivity index (χ2n) is 5.61. The van der Waals surface area contributed by atoms with Gasteiger partial charge in [-0.05, 0) is 44.9 Å². The van der Waals surface area contributed by atoms with Crippen LogP contribution in [0, 0.1) is 19.3 Å². The van der Waals surface area contributed by atoms with Crippen LogP contribution in [0.5, 0.6) is 0 Å². The summed E-state index contributed by atoms with van der Waals surface area (Å²) < 4.78 is 0. The molecular formula is C15H22N2OS. The number of amides is 1. The third kappa shape index (κ3) is 3.07. The molecule has 0 aromatic carbocycles. The summed E-state index contributed by atoms with van der Waals surface area (Å²) in [5.41, 5.74) is 1.98. The van der Waals surface area contributed by atoms with Crippen molar-refractivity contribution in [3.05, 3.63) is 33.0 Å². The van der Waals surface area contributed by atoms with Gasteiger partial charge in [-0.2, -0.15) is 0 Å². The quantitative estimate of drug-likeness (QED) is 0.831. The van der Waals surface area contributed by atoms with E-state index in [1.165, 1.54) is 20.9 Å². The number of carbonyl (C=O) groups excluding carboxylic acids is 1. The molecule has 1 aliphatic rings. The molecule has 2 heterocycles. The lowest BCUT2D eigenvalue weighted by atomic mass is 9.83. The number of rotatable bonds is 4. The van der Waals surface area contributed by atoms with Crippen molar-refractivity contribution in [2.75, 3.05) is 13.1 Å². The zero-order chi connectivity index (χ0) is 14.0. The van der Waals surface area contributed by atoms with E-state index in [9.17, 15) is 4.79 Å². The molecule has 1 aromatic rings. The first-order chi connectivity index (χ1) is 8.91. The van der Waals surface area contributed by atoms with E-state index in [4.69, 9.17) is 0 Å². The molecule has 0 atom stereocenters. The molecule has 0 saturated heterocycles. The van der Waals surface area contributed by atoms with Crippen molar-refractivity contribution in [3.8, 4) is 0 Å². The zero-order valence-electron chi connectivity index (χ0n) is 12.1. The van der Waals surface area contributed by atoms with Crippen molar-refractivity contribution < 1.29 is 4.79 Å². The predicted molar refractivity (Wildman–Crippen MR) is 80.4 cm³/mol. The van der Waals surface area contributed by atoms with Crippen LogP contribution in [0.25, 0.3) is 0 Å². The normalized spacial score (nSPS) is 15.5. The molecule has 0 saturated carbocycles. The maximum absolute atomic E-state index is 12.4.